The summed E-state index contributed by atoms with van der Waals surface area (Å²) in [7, 11) is 7.50. The standard InChI is InChI=1S/C7H16N2.CH4O/c1-8(2)7-4-5-9(3)6-7;1-2/h7H,4-6H2,1-3H3;2H,1H3/t7-;/m0./s1. The molecule has 1 N–H and O–H groups in total. The predicted molar refractivity (Wildman–Crippen MR) is 47.7 cm³/mol. The molecular weight excluding hydrogens is 140 g/mol. The monoisotopic (exact) mass is 160 g/mol. The topological polar surface area (TPSA) is 26.7 Å². The molecule has 0 amide bonds. The minimum atomic E-state index is 0.801. The maximum atomic E-state index is 7.00. The van der Waals surface area contributed by atoms with E-state index < -0.39 is 0 Å². The van der Waals surface area contributed by atoms with Crippen LogP contribution < -0.4 is 0 Å². The Labute approximate surface area is 69.6 Å². The van der Waals surface area contributed by atoms with Gasteiger partial charge in [-0.2, -0.15) is 0 Å². The second kappa shape index (κ2) is 5.52. The third-order valence-corrected chi connectivity index (χ3v) is 2.10. The Morgan fingerprint density at radius 1 is 1.36 bits per heavy atom. The van der Waals surface area contributed by atoms with Gasteiger partial charge in [-0.05, 0) is 34.1 Å². The van der Waals surface area contributed by atoms with Crippen molar-refractivity contribution in [2.45, 2.75) is 12.5 Å². The Balaban J connectivity index is 0.000000461. The van der Waals surface area contributed by atoms with Crippen LogP contribution in [0.1, 0.15) is 6.42 Å². The highest BCUT2D eigenvalue weighted by molar-refractivity contribution is 4.77. The third-order valence-electron chi connectivity index (χ3n) is 2.10. The summed E-state index contributed by atoms with van der Waals surface area (Å²) in [5.41, 5.74) is 0. The van der Waals surface area contributed by atoms with E-state index in [1.54, 1.807) is 0 Å². The minimum Gasteiger partial charge on any atom is -0.400 e. The number of aliphatic hydroxyl groups excluding tert-OH is 1. The zero-order valence-electron chi connectivity index (χ0n) is 8.04. The van der Waals surface area contributed by atoms with E-state index in [9.17, 15) is 0 Å². The number of hydrogen-bond acceptors (Lipinski definition) is 3. The molecule has 1 atom stereocenters. The smallest absolute Gasteiger partial charge is 0.0319 e. The molecule has 3 nitrogen and oxygen atoms in total. The summed E-state index contributed by atoms with van der Waals surface area (Å²) in [6, 6.07) is 0.801. The molecule has 1 aliphatic rings. The van der Waals surface area contributed by atoms with Gasteiger partial charge in [0.15, 0.2) is 0 Å². The molecule has 0 saturated carbocycles. The van der Waals surface area contributed by atoms with Crippen molar-refractivity contribution < 1.29 is 5.11 Å². The van der Waals surface area contributed by atoms with E-state index in [-0.39, 0.29) is 0 Å². The number of likely N-dealkylation sites (tertiary alicyclic amines) is 1. The van der Waals surface area contributed by atoms with Crippen LogP contribution in [0.5, 0.6) is 0 Å². The molecule has 11 heavy (non-hydrogen) atoms. The summed E-state index contributed by atoms with van der Waals surface area (Å²) >= 11 is 0. The van der Waals surface area contributed by atoms with Gasteiger partial charge in [-0.1, -0.05) is 0 Å². The van der Waals surface area contributed by atoms with E-state index >= 15 is 0 Å². The third kappa shape index (κ3) is 3.70. The van der Waals surface area contributed by atoms with Gasteiger partial charge in [0.05, 0.1) is 0 Å². The van der Waals surface area contributed by atoms with Crippen LogP contribution in [0.2, 0.25) is 0 Å². The average Bonchev–Trinajstić information content (AvgIpc) is 2.40. The maximum absolute atomic E-state index is 7.00. The first kappa shape index (κ1) is 10.9. The van der Waals surface area contributed by atoms with Gasteiger partial charge < -0.3 is 14.9 Å². The molecule has 1 heterocycles. The lowest BCUT2D eigenvalue weighted by Gasteiger charge is -2.17. The Morgan fingerprint density at radius 3 is 2.09 bits per heavy atom. The van der Waals surface area contributed by atoms with Crippen molar-refractivity contribution in [3.8, 4) is 0 Å². The van der Waals surface area contributed by atoms with E-state index in [0.717, 1.165) is 13.2 Å². The maximum Gasteiger partial charge on any atom is 0.0319 e. The van der Waals surface area contributed by atoms with Gasteiger partial charge in [-0.25, -0.2) is 0 Å². The van der Waals surface area contributed by atoms with Gasteiger partial charge in [-0.3, -0.25) is 0 Å². The van der Waals surface area contributed by atoms with Crippen LogP contribution in [0.3, 0.4) is 0 Å². The van der Waals surface area contributed by atoms with Crippen LogP contribution in [-0.4, -0.2) is 62.3 Å². The van der Waals surface area contributed by atoms with Crippen molar-refractivity contribution in [3.63, 3.8) is 0 Å². The molecule has 0 aliphatic carbocycles. The molecule has 1 aliphatic heterocycles. The fourth-order valence-electron chi connectivity index (χ4n) is 1.33. The lowest BCUT2D eigenvalue weighted by molar-refractivity contribution is 0.288. The molecule has 0 unspecified atom stereocenters. The number of nitrogens with zero attached hydrogens (tertiary/aromatic N) is 2. The van der Waals surface area contributed by atoms with Gasteiger partial charge in [-0.15, -0.1) is 0 Å². The van der Waals surface area contributed by atoms with Crippen molar-refractivity contribution in [1.29, 1.82) is 0 Å². The first-order valence-electron chi connectivity index (χ1n) is 4.00. The van der Waals surface area contributed by atoms with Crippen molar-refractivity contribution in [2.75, 3.05) is 41.3 Å². The molecule has 0 bridgehead atoms. The van der Waals surface area contributed by atoms with Gasteiger partial charge in [0, 0.05) is 19.7 Å². The molecular formula is C8H20N2O. The molecule has 0 spiro atoms. The summed E-state index contributed by atoms with van der Waals surface area (Å²) in [6.45, 7) is 2.51. The Morgan fingerprint density at radius 2 is 1.91 bits per heavy atom. The second-order valence-electron chi connectivity index (χ2n) is 3.17. The van der Waals surface area contributed by atoms with E-state index in [0.29, 0.717) is 0 Å². The SMILES string of the molecule is CN1CC[C@H](N(C)C)C1.CO. The fourth-order valence-corrected chi connectivity index (χ4v) is 1.33. The number of hydrogen-bond donors (Lipinski definition) is 1. The lowest BCUT2D eigenvalue weighted by Crippen LogP contribution is -2.30. The highest BCUT2D eigenvalue weighted by atomic mass is 16.2. The first-order chi connectivity index (χ1) is 5.20. The van der Waals surface area contributed by atoms with Crippen molar-refractivity contribution in [2.24, 2.45) is 0 Å². The van der Waals surface area contributed by atoms with Crippen molar-refractivity contribution in [3.05, 3.63) is 0 Å². The molecule has 0 aromatic heterocycles. The van der Waals surface area contributed by atoms with Crippen LogP contribution in [-0.2, 0) is 0 Å². The zero-order chi connectivity index (χ0) is 8.85. The normalized spacial score (nSPS) is 25.1. The Bertz CT molecular complexity index is 96.1. The molecule has 0 aromatic rings. The molecule has 1 saturated heterocycles. The minimum absolute atomic E-state index is 0.801. The molecule has 68 valence electrons. The Hall–Kier alpha value is -0.120. The highest BCUT2D eigenvalue weighted by Gasteiger charge is 2.20. The quantitative estimate of drug-likeness (QED) is 0.578. The van der Waals surface area contributed by atoms with E-state index in [2.05, 4.69) is 30.9 Å². The van der Waals surface area contributed by atoms with Gasteiger partial charge >= 0.3 is 0 Å². The van der Waals surface area contributed by atoms with Gasteiger partial charge in [0.1, 0.15) is 0 Å². The molecule has 0 radical (unpaired) electrons. The predicted octanol–water partition coefficient (Wildman–Crippen LogP) is -0.139. The van der Waals surface area contributed by atoms with Gasteiger partial charge in [0.2, 0.25) is 0 Å². The van der Waals surface area contributed by atoms with Crippen LogP contribution in [0.15, 0.2) is 0 Å². The summed E-state index contributed by atoms with van der Waals surface area (Å²) in [5.74, 6) is 0. The molecule has 1 rings (SSSR count). The van der Waals surface area contributed by atoms with Gasteiger partial charge in [0.25, 0.3) is 0 Å². The Kier molecular flexibility index (Phi) is 5.46. The summed E-state index contributed by atoms with van der Waals surface area (Å²) in [5, 5.41) is 7.00. The van der Waals surface area contributed by atoms with Crippen molar-refractivity contribution >= 4 is 0 Å². The number of aliphatic hydroxyl groups is 1. The van der Waals surface area contributed by atoms with E-state index in [1.165, 1.54) is 19.5 Å². The van der Waals surface area contributed by atoms with E-state index in [4.69, 9.17) is 5.11 Å². The largest absolute Gasteiger partial charge is 0.400 e. The first-order valence-corrected chi connectivity index (χ1v) is 4.00. The van der Waals surface area contributed by atoms with Crippen LogP contribution in [0.25, 0.3) is 0 Å². The summed E-state index contributed by atoms with van der Waals surface area (Å²) < 4.78 is 0. The number of likely N-dealkylation sites (N-methyl/N-ethyl adjacent to an activating group) is 2. The number of rotatable bonds is 1. The molecule has 1 fully saturated rings. The summed E-state index contributed by atoms with van der Waals surface area (Å²) in [6.07, 6.45) is 1.34. The fraction of sp³-hybridized carbons (Fsp3) is 1.00. The van der Waals surface area contributed by atoms with Crippen LogP contribution in [0.4, 0.5) is 0 Å². The van der Waals surface area contributed by atoms with E-state index in [1.807, 2.05) is 0 Å². The van der Waals surface area contributed by atoms with Crippen LogP contribution >= 0.6 is 0 Å². The lowest BCUT2D eigenvalue weighted by atomic mass is 10.2. The summed E-state index contributed by atoms with van der Waals surface area (Å²) in [4.78, 5) is 4.69. The molecule has 3 heteroatoms. The second-order valence-corrected chi connectivity index (χ2v) is 3.17. The highest BCUT2D eigenvalue weighted by Crippen LogP contribution is 2.09. The molecule has 0 aromatic carbocycles. The van der Waals surface area contributed by atoms with Crippen LogP contribution in [0, 0.1) is 0 Å². The average molecular weight is 160 g/mol. The zero-order valence-corrected chi connectivity index (χ0v) is 8.04. The van der Waals surface area contributed by atoms with Crippen molar-refractivity contribution in [1.82, 2.24) is 9.80 Å².